The Morgan fingerprint density at radius 1 is 1.44 bits per heavy atom. The number of nitrogens with zero attached hydrogens (tertiary/aromatic N) is 1. The van der Waals surface area contributed by atoms with Crippen LogP contribution in [0.15, 0.2) is 24.3 Å². The lowest BCUT2D eigenvalue weighted by atomic mass is 10.1. The summed E-state index contributed by atoms with van der Waals surface area (Å²) < 4.78 is 4.91. The van der Waals surface area contributed by atoms with E-state index in [4.69, 9.17) is 15.6 Å². The fourth-order valence-corrected chi connectivity index (χ4v) is 1.59. The average Bonchev–Trinajstić information content (AvgIpc) is 2.37. The van der Waals surface area contributed by atoms with E-state index in [0.29, 0.717) is 19.6 Å². The molecule has 0 aliphatic heterocycles. The summed E-state index contributed by atoms with van der Waals surface area (Å²) in [7, 11) is 3.30. The van der Waals surface area contributed by atoms with E-state index in [1.165, 1.54) is 0 Å². The molecule has 0 heterocycles. The lowest BCUT2D eigenvalue weighted by Gasteiger charge is -2.21. The monoisotopic (exact) mass is 252 g/mol. The van der Waals surface area contributed by atoms with Gasteiger partial charge in [-0.2, -0.15) is 0 Å². The van der Waals surface area contributed by atoms with Crippen LogP contribution in [-0.4, -0.2) is 49.3 Å². The van der Waals surface area contributed by atoms with Crippen molar-refractivity contribution in [3.05, 3.63) is 29.8 Å². The molecule has 0 aliphatic rings. The van der Waals surface area contributed by atoms with Gasteiger partial charge in [-0.1, -0.05) is 12.1 Å². The zero-order chi connectivity index (χ0) is 13.5. The zero-order valence-electron chi connectivity index (χ0n) is 10.8. The number of carbonyl (C=O) groups is 1. The number of amides is 1. The summed E-state index contributed by atoms with van der Waals surface area (Å²) in [5.74, 6) is 0.0935. The first-order chi connectivity index (χ1) is 8.54. The maximum atomic E-state index is 11.9. The second-order valence-corrected chi connectivity index (χ2v) is 4.23. The van der Waals surface area contributed by atoms with Crippen molar-refractivity contribution in [3.8, 4) is 5.75 Å². The van der Waals surface area contributed by atoms with Gasteiger partial charge in [0.15, 0.2) is 0 Å². The Morgan fingerprint density at radius 3 is 2.61 bits per heavy atom. The van der Waals surface area contributed by atoms with E-state index in [1.807, 2.05) is 0 Å². The first-order valence-electron chi connectivity index (χ1n) is 5.82. The summed E-state index contributed by atoms with van der Waals surface area (Å²) in [4.78, 5) is 13.5. The van der Waals surface area contributed by atoms with Crippen molar-refractivity contribution in [3.63, 3.8) is 0 Å². The highest BCUT2D eigenvalue weighted by Gasteiger charge is 2.18. The smallest absolute Gasteiger partial charge is 0.239 e. The van der Waals surface area contributed by atoms with Crippen LogP contribution in [0.2, 0.25) is 0 Å². The van der Waals surface area contributed by atoms with Gasteiger partial charge < -0.3 is 20.5 Å². The minimum Gasteiger partial charge on any atom is -0.508 e. The molecular formula is C13H20N2O3. The Hall–Kier alpha value is -1.59. The molecule has 0 saturated carbocycles. The van der Waals surface area contributed by atoms with Crippen molar-refractivity contribution >= 4 is 5.91 Å². The van der Waals surface area contributed by atoms with Gasteiger partial charge in [-0.25, -0.2) is 0 Å². The number of carbonyl (C=O) groups excluding carboxylic acids is 1. The molecule has 100 valence electrons. The Kier molecular flexibility index (Phi) is 5.61. The van der Waals surface area contributed by atoms with Gasteiger partial charge in [0.2, 0.25) is 5.91 Å². The Labute approximate surface area is 107 Å². The van der Waals surface area contributed by atoms with Crippen molar-refractivity contribution in [1.82, 2.24) is 4.90 Å². The zero-order valence-corrected chi connectivity index (χ0v) is 10.8. The fraction of sp³-hybridized carbons (Fsp3) is 0.462. The SMILES string of the molecule is COCCN(C)C(=O)[C@@H](N)Cc1ccc(O)cc1. The minimum atomic E-state index is -0.573. The van der Waals surface area contributed by atoms with E-state index >= 15 is 0 Å². The molecule has 3 N–H and O–H groups in total. The Balaban J connectivity index is 2.51. The molecule has 0 radical (unpaired) electrons. The fourth-order valence-electron chi connectivity index (χ4n) is 1.59. The molecule has 0 spiro atoms. The van der Waals surface area contributed by atoms with Gasteiger partial charge in [0.1, 0.15) is 5.75 Å². The van der Waals surface area contributed by atoms with Gasteiger partial charge in [-0.15, -0.1) is 0 Å². The molecule has 0 aliphatic carbocycles. The van der Waals surface area contributed by atoms with Crippen molar-refractivity contribution in [2.24, 2.45) is 5.73 Å². The Bertz CT molecular complexity index is 378. The third kappa shape index (κ3) is 4.35. The molecule has 0 saturated heterocycles. The van der Waals surface area contributed by atoms with Crippen LogP contribution in [0.5, 0.6) is 5.75 Å². The molecule has 5 nitrogen and oxygen atoms in total. The van der Waals surface area contributed by atoms with Crippen LogP contribution in [0.3, 0.4) is 0 Å². The van der Waals surface area contributed by atoms with Crippen LogP contribution >= 0.6 is 0 Å². The largest absolute Gasteiger partial charge is 0.508 e. The number of benzene rings is 1. The number of rotatable bonds is 6. The van der Waals surface area contributed by atoms with Crippen molar-refractivity contribution in [2.45, 2.75) is 12.5 Å². The lowest BCUT2D eigenvalue weighted by molar-refractivity contribution is -0.131. The van der Waals surface area contributed by atoms with Gasteiger partial charge >= 0.3 is 0 Å². The van der Waals surface area contributed by atoms with Crippen LogP contribution < -0.4 is 5.73 Å². The standard InChI is InChI=1S/C13H20N2O3/c1-15(7-8-18-2)13(17)12(14)9-10-3-5-11(16)6-4-10/h3-6,12,16H,7-9,14H2,1-2H3/t12-/m0/s1. The number of hydrogen-bond donors (Lipinski definition) is 2. The molecule has 1 aromatic carbocycles. The molecule has 0 fully saturated rings. The van der Waals surface area contributed by atoms with Crippen LogP contribution in [0.4, 0.5) is 0 Å². The number of phenols is 1. The number of likely N-dealkylation sites (N-methyl/N-ethyl adjacent to an activating group) is 1. The van der Waals surface area contributed by atoms with E-state index in [9.17, 15) is 4.79 Å². The van der Waals surface area contributed by atoms with E-state index in [0.717, 1.165) is 5.56 Å². The summed E-state index contributed by atoms with van der Waals surface area (Å²) in [5, 5.41) is 9.17. The number of methoxy groups -OCH3 is 1. The number of phenolic OH excluding ortho intramolecular Hbond substituents is 1. The molecule has 1 aromatic rings. The van der Waals surface area contributed by atoms with E-state index in [2.05, 4.69) is 0 Å². The van der Waals surface area contributed by atoms with E-state index < -0.39 is 6.04 Å². The maximum absolute atomic E-state index is 11.9. The van der Waals surface area contributed by atoms with Crippen LogP contribution in [0, 0.1) is 0 Å². The molecule has 18 heavy (non-hydrogen) atoms. The highest BCUT2D eigenvalue weighted by Crippen LogP contribution is 2.11. The van der Waals surface area contributed by atoms with Crippen molar-refractivity contribution in [1.29, 1.82) is 0 Å². The summed E-state index contributed by atoms with van der Waals surface area (Å²) >= 11 is 0. The minimum absolute atomic E-state index is 0.111. The second kappa shape index (κ2) is 6.98. The normalized spacial score (nSPS) is 12.2. The van der Waals surface area contributed by atoms with Gasteiger partial charge in [-0.3, -0.25) is 4.79 Å². The molecule has 5 heteroatoms. The van der Waals surface area contributed by atoms with Gasteiger partial charge in [0, 0.05) is 20.7 Å². The first kappa shape index (κ1) is 14.5. The Morgan fingerprint density at radius 2 is 2.06 bits per heavy atom. The summed E-state index contributed by atoms with van der Waals surface area (Å²) in [6, 6.07) is 6.12. The van der Waals surface area contributed by atoms with Gasteiger partial charge in [0.25, 0.3) is 0 Å². The van der Waals surface area contributed by atoms with Crippen LogP contribution in [-0.2, 0) is 16.0 Å². The van der Waals surface area contributed by atoms with Crippen molar-refractivity contribution in [2.75, 3.05) is 27.3 Å². The number of ether oxygens (including phenoxy) is 1. The van der Waals surface area contributed by atoms with Crippen LogP contribution in [0.25, 0.3) is 0 Å². The molecule has 0 bridgehead atoms. The van der Waals surface area contributed by atoms with E-state index in [1.54, 1.807) is 43.3 Å². The third-order valence-corrected chi connectivity index (χ3v) is 2.72. The number of aromatic hydroxyl groups is 1. The summed E-state index contributed by atoms with van der Waals surface area (Å²) in [6.45, 7) is 1.02. The van der Waals surface area contributed by atoms with E-state index in [-0.39, 0.29) is 11.7 Å². The maximum Gasteiger partial charge on any atom is 0.239 e. The molecule has 0 unspecified atom stereocenters. The van der Waals surface area contributed by atoms with Gasteiger partial charge in [-0.05, 0) is 24.1 Å². The first-order valence-corrected chi connectivity index (χ1v) is 5.82. The molecule has 1 rings (SSSR count). The molecular weight excluding hydrogens is 232 g/mol. The summed E-state index contributed by atoms with van der Waals surface area (Å²) in [6.07, 6.45) is 0.455. The van der Waals surface area contributed by atoms with Crippen molar-refractivity contribution < 1.29 is 14.6 Å². The highest BCUT2D eigenvalue weighted by atomic mass is 16.5. The lowest BCUT2D eigenvalue weighted by Crippen LogP contribution is -2.44. The predicted octanol–water partition coefficient (Wildman–Crippen LogP) is 0.367. The predicted molar refractivity (Wildman–Crippen MR) is 69.3 cm³/mol. The second-order valence-electron chi connectivity index (χ2n) is 4.23. The number of hydrogen-bond acceptors (Lipinski definition) is 4. The summed E-state index contributed by atoms with van der Waals surface area (Å²) in [5.41, 5.74) is 6.79. The third-order valence-electron chi connectivity index (χ3n) is 2.72. The quantitative estimate of drug-likeness (QED) is 0.767. The number of nitrogens with two attached hydrogens (primary N) is 1. The molecule has 1 atom stereocenters. The molecule has 1 amide bonds. The highest BCUT2D eigenvalue weighted by molar-refractivity contribution is 5.81. The van der Waals surface area contributed by atoms with Crippen LogP contribution in [0.1, 0.15) is 5.56 Å². The molecule has 0 aromatic heterocycles. The average molecular weight is 252 g/mol. The topological polar surface area (TPSA) is 75.8 Å². The van der Waals surface area contributed by atoms with Gasteiger partial charge in [0.05, 0.1) is 12.6 Å².